The van der Waals surface area contributed by atoms with E-state index in [0.29, 0.717) is 32.7 Å². The number of benzene rings is 1. The molecule has 2 aliphatic rings. The number of hydrogen-bond donors (Lipinski definition) is 1. The number of nitrogens with one attached hydrogen (secondary N) is 1. The normalized spacial score (nSPS) is 23.3. The summed E-state index contributed by atoms with van der Waals surface area (Å²) >= 11 is 0. The summed E-state index contributed by atoms with van der Waals surface area (Å²) in [5.41, 5.74) is 0. The summed E-state index contributed by atoms with van der Waals surface area (Å²) in [5.74, 6) is 0. The molecule has 1 atom stereocenters. The predicted molar refractivity (Wildman–Crippen MR) is 97.9 cm³/mol. The van der Waals surface area contributed by atoms with Crippen molar-refractivity contribution >= 4 is 32.5 Å². The largest absolute Gasteiger partial charge is 0.312 e. The average molecular weight is 410 g/mol. The van der Waals surface area contributed by atoms with Crippen LogP contribution in [-0.2, 0) is 20.0 Å². The predicted octanol–water partition coefficient (Wildman–Crippen LogP) is 0.875. The summed E-state index contributed by atoms with van der Waals surface area (Å²) in [5, 5.41) is 3.20. The van der Waals surface area contributed by atoms with E-state index in [1.807, 2.05) is 6.92 Å². The van der Waals surface area contributed by atoms with E-state index in [1.54, 1.807) is 0 Å². The summed E-state index contributed by atoms with van der Waals surface area (Å²) in [7, 11) is -7.32. The lowest BCUT2D eigenvalue weighted by molar-refractivity contribution is 0.310. The molecule has 10 heteroatoms. The molecule has 0 bridgehead atoms. The number of rotatable bonds is 4. The zero-order valence-electron chi connectivity index (χ0n) is 14.1. The maximum atomic E-state index is 12.8. The minimum Gasteiger partial charge on any atom is -0.312 e. The fourth-order valence-corrected chi connectivity index (χ4v) is 6.35. The molecule has 2 saturated heterocycles. The molecule has 1 aromatic carbocycles. The third-order valence-electron chi connectivity index (χ3n) is 4.48. The lowest BCUT2D eigenvalue weighted by atomic mass is 10.3. The van der Waals surface area contributed by atoms with Crippen molar-refractivity contribution in [2.24, 2.45) is 0 Å². The molecule has 0 aliphatic carbocycles. The monoisotopic (exact) mass is 409 g/mol. The van der Waals surface area contributed by atoms with E-state index in [1.165, 1.54) is 32.9 Å². The van der Waals surface area contributed by atoms with Crippen molar-refractivity contribution in [3.05, 3.63) is 24.3 Å². The lowest BCUT2D eigenvalue weighted by Crippen LogP contribution is -2.51. The van der Waals surface area contributed by atoms with E-state index < -0.39 is 20.0 Å². The molecular weight excluding hydrogens is 386 g/mol. The van der Waals surface area contributed by atoms with Gasteiger partial charge in [-0.2, -0.15) is 8.61 Å². The van der Waals surface area contributed by atoms with E-state index in [2.05, 4.69) is 5.32 Å². The van der Waals surface area contributed by atoms with Gasteiger partial charge in [0.25, 0.3) is 0 Å². The summed E-state index contributed by atoms with van der Waals surface area (Å²) in [6, 6.07) is 5.79. The quantitative estimate of drug-likeness (QED) is 0.797. The van der Waals surface area contributed by atoms with Crippen LogP contribution in [0.4, 0.5) is 0 Å². The molecule has 2 heterocycles. The van der Waals surface area contributed by atoms with E-state index >= 15 is 0 Å². The van der Waals surface area contributed by atoms with Crippen LogP contribution in [0.3, 0.4) is 0 Å². The van der Waals surface area contributed by atoms with Crippen LogP contribution in [0.5, 0.6) is 0 Å². The van der Waals surface area contributed by atoms with Gasteiger partial charge in [-0.25, -0.2) is 16.8 Å². The van der Waals surface area contributed by atoms with Crippen molar-refractivity contribution in [1.29, 1.82) is 0 Å². The molecule has 0 radical (unpaired) electrons. The maximum Gasteiger partial charge on any atom is 0.243 e. The number of nitrogens with zero attached hydrogens (tertiary/aromatic N) is 2. The van der Waals surface area contributed by atoms with Gasteiger partial charge >= 0.3 is 0 Å². The summed E-state index contributed by atoms with van der Waals surface area (Å²) < 4.78 is 53.8. The van der Waals surface area contributed by atoms with Crippen LogP contribution in [0, 0.1) is 0 Å². The molecule has 0 aromatic heterocycles. The Hall–Kier alpha value is -0.710. The molecule has 3 rings (SSSR count). The van der Waals surface area contributed by atoms with Crippen LogP contribution in [-0.4, -0.2) is 64.2 Å². The van der Waals surface area contributed by atoms with E-state index in [-0.39, 0.29) is 28.2 Å². The van der Waals surface area contributed by atoms with Gasteiger partial charge < -0.3 is 5.32 Å². The zero-order chi connectivity index (χ0) is 17.4. The third kappa shape index (κ3) is 4.17. The third-order valence-corrected chi connectivity index (χ3v) is 8.23. The molecule has 2 fully saturated rings. The minimum atomic E-state index is -3.69. The molecule has 2 aliphatic heterocycles. The highest BCUT2D eigenvalue weighted by molar-refractivity contribution is 7.90. The average Bonchev–Trinajstić information content (AvgIpc) is 3.10. The Morgan fingerprint density at radius 1 is 0.960 bits per heavy atom. The van der Waals surface area contributed by atoms with Crippen LogP contribution in [0.1, 0.15) is 19.8 Å². The molecule has 0 saturated carbocycles. The first kappa shape index (κ1) is 20.6. The zero-order valence-corrected chi connectivity index (χ0v) is 16.5. The number of halogens is 1. The van der Waals surface area contributed by atoms with Gasteiger partial charge in [-0.15, -0.1) is 12.4 Å². The van der Waals surface area contributed by atoms with Crippen LogP contribution >= 0.6 is 12.4 Å². The highest BCUT2D eigenvalue weighted by Crippen LogP contribution is 2.25. The minimum absolute atomic E-state index is 0. The summed E-state index contributed by atoms with van der Waals surface area (Å²) in [4.78, 5) is 0.0885. The molecule has 1 unspecified atom stereocenters. The van der Waals surface area contributed by atoms with Crippen molar-refractivity contribution in [2.75, 3.05) is 32.7 Å². The standard InChI is InChI=1S/C15H23N3O4S2.ClH/c1-13-12-18(10-7-16-13)24(21,22)15-6-4-5-14(11-15)23(19,20)17-8-2-3-9-17;/h4-6,11,13,16H,2-3,7-10,12H2,1H3;1H. The van der Waals surface area contributed by atoms with Gasteiger partial charge in [-0.1, -0.05) is 6.07 Å². The van der Waals surface area contributed by atoms with Gasteiger partial charge in [0.1, 0.15) is 0 Å². The van der Waals surface area contributed by atoms with Crippen LogP contribution in [0.25, 0.3) is 0 Å². The van der Waals surface area contributed by atoms with Crippen molar-refractivity contribution in [3.8, 4) is 0 Å². The highest BCUT2D eigenvalue weighted by Gasteiger charge is 2.31. The summed E-state index contributed by atoms with van der Waals surface area (Å²) in [6.45, 7) is 4.27. The molecule has 7 nitrogen and oxygen atoms in total. The molecule has 1 N–H and O–H groups in total. The van der Waals surface area contributed by atoms with Gasteiger partial charge in [-0.3, -0.25) is 0 Å². The second kappa shape index (κ2) is 7.89. The number of piperazine rings is 1. The van der Waals surface area contributed by atoms with Crippen LogP contribution in [0.2, 0.25) is 0 Å². The van der Waals surface area contributed by atoms with E-state index in [0.717, 1.165) is 12.8 Å². The Morgan fingerprint density at radius 2 is 1.52 bits per heavy atom. The van der Waals surface area contributed by atoms with Crippen molar-refractivity contribution in [2.45, 2.75) is 35.6 Å². The van der Waals surface area contributed by atoms with Gasteiger partial charge in [-0.05, 0) is 38.0 Å². The first-order chi connectivity index (χ1) is 11.3. The van der Waals surface area contributed by atoms with E-state index in [9.17, 15) is 16.8 Å². The first-order valence-electron chi connectivity index (χ1n) is 8.15. The SMILES string of the molecule is CC1CN(S(=O)(=O)c2cccc(S(=O)(=O)N3CCCC3)c2)CCN1.Cl. The summed E-state index contributed by atoms with van der Waals surface area (Å²) in [6.07, 6.45) is 1.69. The molecule has 0 amide bonds. The van der Waals surface area contributed by atoms with Crippen LogP contribution in [0.15, 0.2) is 34.1 Å². The molecule has 142 valence electrons. The Bertz CT molecular complexity index is 808. The van der Waals surface area contributed by atoms with Gasteiger partial charge in [0, 0.05) is 38.8 Å². The van der Waals surface area contributed by atoms with Gasteiger partial charge in [0.15, 0.2) is 0 Å². The Morgan fingerprint density at radius 3 is 2.08 bits per heavy atom. The molecular formula is C15H24ClN3O4S2. The first-order valence-corrected chi connectivity index (χ1v) is 11.0. The van der Waals surface area contributed by atoms with Crippen molar-refractivity contribution in [1.82, 2.24) is 13.9 Å². The Balaban J connectivity index is 0.00000225. The second-order valence-electron chi connectivity index (χ2n) is 6.30. The second-order valence-corrected chi connectivity index (χ2v) is 10.2. The van der Waals surface area contributed by atoms with E-state index in [4.69, 9.17) is 0 Å². The molecule has 1 aromatic rings. The van der Waals surface area contributed by atoms with Crippen molar-refractivity contribution in [3.63, 3.8) is 0 Å². The highest BCUT2D eigenvalue weighted by atomic mass is 35.5. The fourth-order valence-electron chi connectivity index (χ4n) is 3.14. The number of sulfonamides is 2. The Labute approximate surface area is 155 Å². The van der Waals surface area contributed by atoms with Gasteiger partial charge in [0.2, 0.25) is 20.0 Å². The number of hydrogen-bond acceptors (Lipinski definition) is 5. The topological polar surface area (TPSA) is 86.8 Å². The maximum absolute atomic E-state index is 12.8. The smallest absolute Gasteiger partial charge is 0.243 e. The molecule has 0 spiro atoms. The van der Waals surface area contributed by atoms with Crippen LogP contribution < -0.4 is 5.32 Å². The fraction of sp³-hybridized carbons (Fsp3) is 0.600. The lowest BCUT2D eigenvalue weighted by Gasteiger charge is -2.31. The van der Waals surface area contributed by atoms with Gasteiger partial charge in [0.05, 0.1) is 9.79 Å². The van der Waals surface area contributed by atoms with Crippen molar-refractivity contribution < 1.29 is 16.8 Å². The molecule has 25 heavy (non-hydrogen) atoms. The Kier molecular flexibility index (Phi) is 6.50.